The van der Waals surface area contributed by atoms with Crippen LogP contribution in [0, 0.1) is 0 Å². The fourth-order valence-electron chi connectivity index (χ4n) is 1.21. The predicted octanol–water partition coefficient (Wildman–Crippen LogP) is -1.13. The topological polar surface area (TPSA) is 121 Å². The quantitative estimate of drug-likeness (QED) is 0.494. The van der Waals surface area contributed by atoms with E-state index < -0.39 is 12.0 Å². The third-order valence-electron chi connectivity index (χ3n) is 1.98. The maximum absolute atomic E-state index is 11.2. The van der Waals surface area contributed by atoms with Gasteiger partial charge in [-0.05, 0) is 0 Å². The summed E-state index contributed by atoms with van der Waals surface area (Å²) >= 11 is 0. The molecule has 0 fully saturated rings. The molecule has 0 saturated carbocycles. The molecular weight excluding hydrogens is 276 g/mol. The molecule has 1 rings (SSSR count). The maximum atomic E-state index is 11.2. The summed E-state index contributed by atoms with van der Waals surface area (Å²) in [4.78, 5) is 28.6. The van der Waals surface area contributed by atoms with E-state index in [0.717, 1.165) is 0 Å². The van der Waals surface area contributed by atoms with E-state index in [2.05, 4.69) is 15.3 Å². The fourth-order valence-corrected chi connectivity index (χ4v) is 1.21. The van der Waals surface area contributed by atoms with Gasteiger partial charge in [0, 0.05) is 48.3 Å². The van der Waals surface area contributed by atoms with E-state index in [9.17, 15) is 9.59 Å². The molecule has 0 bridgehead atoms. The molecule has 0 aliphatic heterocycles. The first-order valence-electron chi connectivity index (χ1n) is 4.83. The van der Waals surface area contributed by atoms with Crippen molar-refractivity contribution in [3.8, 4) is 0 Å². The largest absolute Gasteiger partial charge is 0.480 e. The minimum Gasteiger partial charge on any atom is -0.480 e. The van der Waals surface area contributed by atoms with Crippen molar-refractivity contribution in [2.75, 3.05) is 6.54 Å². The van der Waals surface area contributed by atoms with Gasteiger partial charge in [0.15, 0.2) is 0 Å². The van der Waals surface area contributed by atoms with Crippen molar-refractivity contribution in [2.24, 2.45) is 5.73 Å². The molecule has 1 heterocycles. The first-order valence-corrected chi connectivity index (χ1v) is 4.83. The SMILES string of the molecule is NCCC(=O)NC(Cc1cnc[nH]1)C(=O)O.[Cu]. The van der Waals surface area contributed by atoms with E-state index in [1.165, 1.54) is 12.5 Å². The molecule has 1 radical (unpaired) electrons. The molecule has 1 unspecified atom stereocenters. The van der Waals surface area contributed by atoms with Crippen LogP contribution in [0.4, 0.5) is 0 Å². The van der Waals surface area contributed by atoms with Gasteiger partial charge in [-0.25, -0.2) is 9.78 Å². The Balaban J connectivity index is 0.00000256. The Labute approximate surface area is 109 Å². The maximum Gasteiger partial charge on any atom is 0.326 e. The molecule has 17 heavy (non-hydrogen) atoms. The molecule has 1 atom stereocenters. The molecular formula is C9H14CuN4O3. The minimum absolute atomic E-state index is 0. The summed E-state index contributed by atoms with van der Waals surface area (Å²) < 4.78 is 0. The van der Waals surface area contributed by atoms with Crippen LogP contribution in [0.2, 0.25) is 0 Å². The number of aromatic amines is 1. The van der Waals surface area contributed by atoms with Crippen molar-refractivity contribution >= 4 is 11.9 Å². The number of carboxylic acids is 1. The van der Waals surface area contributed by atoms with Gasteiger partial charge in [0.05, 0.1) is 6.33 Å². The molecule has 5 N–H and O–H groups in total. The van der Waals surface area contributed by atoms with Gasteiger partial charge in [-0.15, -0.1) is 0 Å². The second-order valence-electron chi connectivity index (χ2n) is 3.28. The van der Waals surface area contributed by atoms with Crippen molar-refractivity contribution in [1.82, 2.24) is 15.3 Å². The van der Waals surface area contributed by atoms with Gasteiger partial charge < -0.3 is 21.1 Å². The van der Waals surface area contributed by atoms with Crippen LogP contribution in [0.15, 0.2) is 12.5 Å². The number of H-pyrrole nitrogens is 1. The summed E-state index contributed by atoms with van der Waals surface area (Å²) in [6, 6.07) is -0.959. The molecule has 0 spiro atoms. The second-order valence-corrected chi connectivity index (χ2v) is 3.28. The molecule has 8 heteroatoms. The van der Waals surface area contributed by atoms with Gasteiger partial charge in [-0.1, -0.05) is 0 Å². The smallest absolute Gasteiger partial charge is 0.326 e. The number of rotatable bonds is 6. The third-order valence-corrected chi connectivity index (χ3v) is 1.98. The molecule has 1 aromatic heterocycles. The predicted molar refractivity (Wildman–Crippen MR) is 55.5 cm³/mol. The van der Waals surface area contributed by atoms with Gasteiger partial charge in [0.25, 0.3) is 0 Å². The average Bonchev–Trinajstić information content (AvgIpc) is 2.69. The Morgan fingerprint density at radius 2 is 2.29 bits per heavy atom. The number of carboxylic acid groups (broad SMARTS) is 1. The van der Waals surface area contributed by atoms with E-state index in [-0.39, 0.29) is 42.4 Å². The van der Waals surface area contributed by atoms with Crippen molar-refractivity contribution in [3.05, 3.63) is 18.2 Å². The number of hydrogen-bond acceptors (Lipinski definition) is 4. The van der Waals surface area contributed by atoms with Crippen LogP contribution >= 0.6 is 0 Å². The zero-order valence-corrected chi connectivity index (χ0v) is 9.88. The van der Waals surface area contributed by atoms with Crippen molar-refractivity contribution in [1.29, 1.82) is 0 Å². The molecule has 0 aromatic carbocycles. The van der Waals surface area contributed by atoms with E-state index in [1.807, 2.05) is 0 Å². The van der Waals surface area contributed by atoms with Crippen molar-refractivity contribution in [2.45, 2.75) is 18.9 Å². The normalized spacial score (nSPS) is 11.4. The van der Waals surface area contributed by atoms with Crippen LogP contribution in [0.5, 0.6) is 0 Å². The van der Waals surface area contributed by atoms with Crippen LogP contribution in [0.3, 0.4) is 0 Å². The molecule has 7 nitrogen and oxygen atoms in total. The van der Waals surface area contributed by atoms with Crippen molar-refractivity contribution < 1.29 is 31.8 Å². The monoisotopic (exact) mass is 289 g/mol. The Bertz CT molecular complexity index is 355. The van der Waals surface area contributed by atoms with E-state index in [1.54, 1.807) is 0 Å². The number of carbonyl (C=O) groups is 2. The van der Waals surface area contributed by atoms with Crippen LogP contribution in [-0.4, -0.2) is 39.5 Å². The Morgan fingerprint density at radius 1 is 1.59 bits per heavy atom. The molecule has 0 aliphatic rings. The fraction of sp³-hybridized carbons (Fsp3) is 0.444. The van der Waals surface area contributed by atoms with Crippen LogP contribution in [-0.2, 0) is 33.1 Å². The molecule has 0 aliphatic carbocycles. The zero-order valence-electron chi connectivity index (χ0n) is 8.94. The summed E-state index contributed by atoms with van der Waals surface area (Å²) in [5.74, 6) is -1.45. The van der Waals surface area contributed by atoms with E-state index in [0.29, 0.717) is 5.69 Å². The number of hydrogen-bond donors (Lipinski definition) is 4. The number of aromatic nitrogens is 2. The number of imidazole rings is 1. The number of carbonyl (C=O) groups excluding carboxylic acids is 1. The van der Waals surface area contributed by atoms with E-state index >= 15 is 0 Å². The van der Waals surface area contributed by atoms with Gasteiger partial charge in [0.1, 0.15) is 6.04 Å². The minimum atomic E-state index is -1.08. The van der Waals surface area contributed by atoms with Crippen LogP contribution < -0.4 is 11.1 Å². The van der Waals surface area contributed by atoms with Crippen LogP contribution in [0.25, 0.3) is 0 Å². The summed E-state index contributed by atoms with van der Waals surface area (Å²) in [5.41, 5.74) is 5.85. The number of nitrogens with two attached hydrogens (primary N) is 1. The number of nitrogens with one attached hydrogen (secondary N) is 2. The van der Waals surface area contributed by atoms with Gasteiger partial charge in [-0.3, -0.25) is 4.79 Å². The Hall–Kier alpha value is -1.37. The summed E-state index contributed by atoms with van der Waals surface area (Å²) in [6.45, 7) is 0.197. The molecule has 0 saturated heterocycles. The first-order chi connectivity index (χ1) is 7.63. The number of nitrogens with zero attached hydrogens (tertiary/aromatic N) is 1. The van der Waals surface area contributed by atoms with Crippen molar-refractivity contribution in [3.63, 3.8) is 0 Å². The second kappa shape index (κ2) is 7.83. The van der Waals surface area contributed by atoms with Gasteiger partial charge in [0.2, 0.25) is 5.91 Å². The summed E-state index contributed by atoms with van der Waals surface area (Å²) in [6.07, 6.45) is 3.26. The Morgan fingerprint density at radius 3 is 2.76 bits per heavy atom. The zero-order chi connectivity index (χ0) is 12.0. The van der Waals surface area contributed by atoms with Gasteiger partial charge in [-0.2, -0.15) is 0 Å². The number of amides is 1. The molecule has 1 aromatic rings. The van der Waals surface area contributed by atoms with Gasteiger partial charge >= 0.3 is 5.97 Å². The average molecular weight is 290 g/mol. The third kappa shape index (κ3) is 5.48. The molecule has 99 valence electrons. The standard InChI is InChI=1S/C9H14N4O3.Cu/c10-2-1-8(14)13-7(9(15)16)3-6-4-11-5-12-6;/h4-5,7H,1-3,10H2,(H,11,12)(H,13,14)(H,15,16);. The number of aliphatic carboxylic acids is 1. The Kier molecular flexibility index (Phi) is 7.20. The van der Waals surface area contributed by atoms with E-state index in [4.69, 9.17) is 10.8 Å². The summed E-state index contributed by atoms with van der Waals surface area (Å²) in [7, 11) is 0. The summed E-state index contributed by atoms with van der Waals surface area (Å²) in [5, 5.41) is 11.3. The first kappa shape index (κ1) is 15.6. The van der Waals surface area contributed by atoms with Crippen LogP contribution in [0.1, 0.15) is 12.1 Å². The molecule has 1 amide bonds.